The summed E-state index contributed by atoms with van der Waals surface area (Å²) in [7, 11) is 1.62. The third-order valence-corrected chi connectivity index (χ3v) is 4.26. The Hall–Kier alpha value is -2.67. The summed E-state index contributed by atoms with van der Waals surface area (Å²) in [5.41, 5.74) is 0.868. The van der Waals surface area contributed by atoms with Crippen molar-refractivity contribution in [2.45, 2.75) is 25.3 Å². The molecule has 1 aromatic carbocycles. The van der Waals surface area contributed by atoms with Gasteiger partial charge in [0.05, 0.1) is 12.7 Å². The molecule has 3 N–H and O–H groups in total. The molecule has 0 spiro atoms. The van der Waals surface area contributed by atoms with E-state index in [1.807, 2.05) is 24.3 Å². The number of nitrogens with zero attached hydrogens (tertiary/aromatic N) is 1. The van der Waals surface area contributed by atoms with Gasteiger partial charge in [-0.25, -0.2) is 4.98 Å². The maximum absolute atomic E-state index is 12.3. The molecule has 0 unspecified atom stereocenters. The van der Waals surface area contributed by atoms with Crippen LogP contribution in [0.15, 0.2) is 29.1 Å². The number of aromatic amines is 1. The van der Waals surface area contributed by atoms with Crippen LogP contribution < -0.4 is 15.6 Å². The number of nitrogens with one attached hydrogen (secondary N) is 3. The lowest BCUT2D eigenvalue weighted by Crippen LogP contribution is -2.30. The first-order valence-electron chi connectivity index (χ1n) is 8.31. The molecule has 0 aliphatic carbocycles. The molecule has 2 aromatic rings. The molecule has 25 heavy (non-hydrogen) atoms. The number of rotatable bonds is 6. The Kier molecular flexibility index (Phi) is 5.45. The third-order valence-electron chi connectivity index (χ3n) is 4.26. The molecule has 132 valence electrons. The van der Waals surface area contributed by atoms with E-state index in [1.165, 1.54) is 0 Å². The Bertz CT molecular complexity index is 797. The van der Waals surface area contributed by atoms with Crippen molar-refractivity contribution >= 4 is 12.0 Å². The van der Waals surface area contributed by atoms with Crippen molar-refractivity contribution in [2.24, 2.45) is 0 Å². The molecular formula is C18H22N4O3. The molecule has 1 fully saturated rings. The van der Waals surface area contributed by atoms with Gasteiger partial charge < -0.3 is 25.2 Å². The minimum absolute atomic E-state index is 0.195. The fourth-order valence-electron chi connectivity index (χ4n) is 2.92. The van der Waals surface area contributed by atoms with Crippen LogP contribution in [0.1, 0.15) is 29.8 Å². The number of hydrogen-bond acceptors (Lipinski definition) is 6. The number of benzene rings is 1. The highest BCUT2D eigenvalue weighted by molar-refractivity contribution is 5.83. The van der Waals surface area contributed by atoms with Gasteiger partial charge >= 0.3 is 0 Å². The van der Waals surface area contributed by atoms with Crippen LogP contribution in [-0.4, -0.2) is 42.5 Å². The summed E-state index contributed by atoms with van der Waals surface area (Å²) < 4.78 is 10.7. The second-order valence-electron chi connectivity index (χ2n) is 5.94. The van der Waals surface area contributed by atoms with E-state index < -0.39 is 0 Å². The Morgan fingerprint density at radius 2 is 2.16 bits per heavy atom. The lowest BCUT2D eigenvalue weighted by molar-refractivity contribution is 0.0904. The monoisotopic (exact) mass is 342 g/mol. The molecule has 0 saturated carbocycles. The molecule has 1 aliphatic rings. The highest BCUT2D eigenvalue weighted by atomic mass is 16.5. The largest absolute Gasteiger partial charge is 0.496 e. The smallest absolute Gasteiger partial charge is 0.261 e. The van der Waals surface area contributed by atoms with Gasteiger partial charge in [-0.2, -0.15) is 0 Å². The van der Waals surface area contributed by atoms with Gasteiger partial charge in [0.1, 0.15) is 17.4 Å². The van der Waals surface area contributed by atoms with Crippen molar-refractivity contribution < 1.29 is 9.47 Å². The molecule has 1 aromatic heterocycles. The molecule has 0 bridgehead atoms. The molecule has 2 heterocycles. The lowest BCUT2D eigenvalue weighted by atomic mass is 10.1. The van der Waals surface area contributed by atoms with Crippen molar-refractivity contribution in [3.8, 4) is 5.75 Å². The maximum Gasteiger partial charge on any atom is 0.261 e. The van der Waals surface area contributed by atoms with Crippen molar-refractivity contribution in [1.29, 1.82) is 5.41 Å². The van der Waals surface area contributed by atoms with E-state index in [0.29, 0.717) is 31.3 Å². The van der Waals surface area contributed by atoms with Gasteiger partial charge in [0.15, 0.2) is 0 Å². The van der Waals surface area contributed by atoms with E-state index in [4.69, 9.17) is 14.9 Å². The van der Waals surface area contributed by atoms with Gasteiger partial charge in [-0.3, -0.25) is 4.79 Å². The number of H-pyrrole nitrogens is 1. The van der Waals surface area contributed by atoms with Crippen molar-refractivity contribution in [1.82, 2.24) is 9.97 Å². The minimum Gasteiger partial charge on any atom is -0.496 e. The summed E-state index contributed by atoms with van der Waals surface area (Å²) in [6, 6.07) is 7.83. The van der Waals surface area contributed by atoms with Gasteiger partial charge in [-0.05, 0) is 18.9 Å². The summed E-state index contributed by atoms with van der Waals surface area (Å²) in [5.74, 6) is 1.74. The summed E-state index contributed by atoms with van der Waals surface area (Å²) in [6.07, 6.45) is 3.20. The van der Waals surface area contributed by atoms with E-state index >= 15 is 0 Å². The van der Waals surface area contributed by atoms with Gasteiger partial charge in [0, 0.05) is 37.5 Å². The van der Waals surface area contributed by atoms with Crippen LogP contribution >= 0.6 is 0 Å². The van der Waals surface area contributed by atoms with Crippen LogP contribution in [0.25, 0.3) is 0 Å². The molecule has 3 rings (SSSR count). The summed E-state index contributed by atoms with van der Waals surface area (Å²) in [6.45, 7) is 1.38. The highest BCUT2D eigenvalue weighted by Gasteiger charge is 2.18. The maximum atomic E-state index is 12.3. The molecule has 0 radical (unpaired) electrons. The van der Waals surface area contributed by atoms with E-state index in [1.54, 1.807) is 7.11 Å². The van der Waals surface area contributed by atoms with E-state index in [-0.39, 0.29) is 17.2 Å². The molecule has 0 amide bonds. The summed E-state index contributed by atoms with van der Waals surface area (Å²) in [5, 5.41) is 10.8. The van der Waals surface area contributed by atoms with Crippen LogP contribution in [0.5, 0.6) is 5.75 Å². The number of hydrogen-bond donors (Lipinski definition) is 3. The van der Waals surface area contributed by atoms with Crippen LogP contribution in [0.2, 0.25) is 0 Å². The molecule has 1 saturated heterocycles. The first-order valence-corrected chi connectivity index (χ1v) is 8.31. The van der Waals surface area contributed by atoms with E-state index in [0.717, 1.165) is 30.4 Å². The van der Waals surface area contributed by atoms with Gasteiger partial charge in [-0.15, -0.1) is 0 Å². The number of ether oxygens (including phenoxy) is 2. The van der Waals surface area contributed by atoms with Gasteiger partial charge in [-0.1, -0.05) is 18.2 Å². The lowest BCUT2D eigenvalue weighted by Gasteiger charge is -2.24. The minimum atomic E-state index is -0.315. The third kappa shape index (κ3) is 4.06. The van der Waals surface area contributed by atoms with Crippen LogP contribution in [0, 0.1) is 5.41 Å². The van der Waals surface area contributed by atoms with Crippen molar-refractivity contribution in [3.63, 3.8) is 0 Å². The zero-order valence-corrected chi connectivity index (χ0v) is 14.2. The molecule has 7 nitrogen and oxygen atoms in total. The first-order chi connectivity index (χ1) is 12.2. The molecular weight excluding hydrogens is 320 g/mol. The molecule has 1 aliphatic heterocycles. The molecule has 7 heteroatoms. The number of para-hydroxylation sites is 1. The second kappa shape index (κ2) is 7.94. The Morgan fingerprint density at radius 3 is 2.88 bits per heavy atom. The zero-order valence-electron chi connectivity index (χ0n) is 14.2. The van der Waals surface area contributed by atoms with Crippen LogP contribution in [0.3, 0.4) is 0 Å². The normalized spacial score (nSPS) is 14.9. The first kappa shape index (κ1) is 17.2. The SMILES string of the molecule is COc1ccccc1Cc1nc(NC2CCOCC2)c(C=N)c(=O)[nH]1. The second-order valence-corrected chi connectivity index (χ2v) is 5.94. The summed E-state index contributed by atoms with van der Waals surface area (Å²) >= 11 is 0. The van der Waals surface area contributed by atoms with E-state index in [2.05, 4.69) is 15.3 Å². The summed E-state index contributed by atoms with van der Waals surface area (Å²) in [4.78, 5) is 19.7. The van der Waals surface area contributed by atoms with Crippen molar-refractivity contribution in [3.05, 3.63) is 51.6 Å². The number of anilines is 1. The quantitative estimate of drug-likeness (QED) is 0.697. The Labute approximate surface area is 145 Å². The van der Waals surface area contributed by atoms with Gasteiger partial charge in [0.2, 0.25) is 0 Å². The predicted molar refractivity (Wildman–Crippen MR) is 96.0 cm³/mol. The van der Waals surface area contributed by atoms with Crippen LogP contribution in [0.4, 0.5) is 5.82 Å². The van der Waals surface area contributed by atoms with Gasteiger partial charge in [0.25, 0.3) is 5.56 Å². The Balaban J connectivity index is 1.89. The van der Waals surface area contributed by atoms with Crippen LogP contribution in [-0.2, 0) is 11.2 Å². The highest BCUT2D eigenvalue weighted by Crippen LogP contribution is 2.20. The fraction of sp³-hybridized carbons (Fsp3) is 0.389. The standard InChI is InChI=1S/C18H22N4O3/c1-24-15-5-3-2-4-12(15)10-16-21-17(14(11-19)18(23)22-16)20-13-6-8-25-9-7-13/h2-5,11,13,19H,6-10H2,1H3,(H2,20,21,22,23). The Morgan fingerprint density at radius 1 is 1.40 bits per heavy atom. The predicted octanol–water partition coefficient (Wildman–Crippen LogP) is 1.96. The van der Waals surface area contributed by atoms with Crippen molar-refractivity contribution in [2.75, 3.05) is 25.6 Å². The fourth-order valence-corrected chi connectivity index (χ4v) is 2.92. The number of aromatic nitrogens is 2. The number of methoxy groups -OCH3 is 1. The van der Waals surface area contributed by atoms with E-state index in [9.17, 15) is 4.79 Å². The average molecular weight is 342 g/mol. The topological polar surface area (TPSA) is 100 Å². The zero-order chi connectivity index (χ0) is 17.6. The molecule has 0 atom stereocenters. The average Bonchev–Trinajstić information content (AvgIpc) is 2.63.